The van der Waals surface area contributed by atoms with Gasteiger partial charge in [-0.25, -0.2) is 13.1 Å². The zero-order chi connectivity index (χ0) is 19.6. The lowest BCUT2D eigenvalue weighted by molar-refractivity contribution is -0.0303. The number of halogens is 1. The molecular formula is C18H31ClN4O3S. The molecule has 1 N–H and O–H groups in total. The summed E-state index contributed by atoms with van der Waals surface area (Å²) in [6, 6.07) is -0.152. The van der Waals surface area contributed by atoms with Crippen molar-refractivity contribution < 1.29 is 13.2 Å². The lowest BCUT2D eigenvalue weighted by Gasteiger charge is -2.34. The fraction of sp³-hybridized carbons (Fsp3) is 0.833. The van der Waals surface area contributed by atoms with Crippen molar-refractivity contribution in [2.24, 2.45) is 5.92 Å². The SMILES string of the molecule is Cc1nn(C2CCS(=O)(=O)C2)c(Cl)c1CNCC1CN(CC(C)C)CCO1. The van der Waals surface area contributed by atoms with Gasteiger partial charge in [0.05, 0.1) is 36.0 Å². The van der Waals surface area contributed by atoms with Crippen molar-refractivity contribution in [1.82, 2.24) is 20.0 Å². The minimum atomic E-state index is -2.97. The predicted molar refractivity (Wildman–Crippen MR) is 107 cm³/mol. The van der Waals surface area contributed by atoms with Gasteiger partial charge in [-0.3, -0.25) is 4.90 Å². The van der Waals surface area contributed by atoms with Crippen molar-refractivity contribution in [1.29, 1.82) is 0 Å². The van der Waals surface area contributed by atoms with Gasteiger partial charge in [-0.15, -0.1) is 0 Å². The number of hydrogen-bond acceptors (Lipinski definition) is 6. The molecule has 0 aromatic carbocycles. The van der Waals surface area contributed by atoms with Gasteiger partial charge in [0.1, 0.15) is 5.15 Å². The van der Waals surface area contributed by atoms with Crippen LogP contribution in [-0.4, -0.2) is 73.5 Å². The van der Waals surface area contributed by atoms with Gasteiger partial charge < -0.3 is 10.1 Å². The van der Waals surface area contributed by atoms with Crippen molar-refractivity contribution in [3.05, 3.63) is 16.4 Å². The van der Waals surface area contributed by atoms with E-state index in [-0.39, 0.29) is 23.7 Å². The standard InChI is InChI=1S/C18H31ClN4O3S/c1-13(2)10-22-5-6-26-16(11-22)8-20-9-17-14(3)21-23(18(17)19)15-4-7-27(24,25)12-15/h13,15-16,20H,4-12H2,1-3H3. The van der Waals surface area contributed by atoms with Crippen LogP contribution in [0.15, 0.2) is 0 Å². The average Bonchev–Trinajstić information content (AvgIpc) is 3.08. The average molecular weight is 419 g/mol. The number of nitrogens with one attached hydrogen (secondary N) is 1. The van der Waals surface area contributed by atoms with E-state index in [1.165, 1.54) is 0 Å². The third-order valence-electron chi connectivity index (χ3n) is 5.22. The molecule has 2 fully saturated rings. The molecule has 3 rings (SSSR count). The molecule has 2 aliphatic heterocycles. The summed E-state index contributed by atoms with van der Waals surface area (Å²) in [6.45, 7) is 11.6. The second-order valence-corrected chi connectivity index (χ2v) is 10.7. The smallest absolute Gasteiger partial charge is 0.152 e. The van der Waals surface area contributed by atoms with E-state index in [0.29, 0.717) is 24.0 Å². The van der Waals surface area contributed by atoms with E-state index >= 15 is 0 Å². The van der Waals surface area contributed by atoms with Crippen LogP contribution >= 0.6 is 11.6 Å². The lowest BCUT2D eigenvalue weighted by Crippen LogP contribution is -2.47. The van der Waals surface area contributed by atoms with E-state index in [1.54, 1.807) is 4.68 Å². The third kappa shape index (κ3) is 5.44. The molecule has 9 heteroatoms. The first-order valence-electron chi connectivity index (χ1n) is 9.73. The number of rotatable bonds is 7. The molecule has 7 nitrogen and oxygen atoms in total. The number of morpholine rings is 1. The molecule has 2 atom stereocenters. The van der Waals surface area contributed by atoms with E-state index in [2.05, 4.69) is 29.2 Å². The number of ether oxygens (including phenoxy) is 1. The fourth-order valence-corrected chi connectivity index (χ4v) is 5.98. The van der Waals surface area contributed by atoms with Crippen LogP contribution in [0.3, 0.4) is 0 Å². The molecule has 2 unspecified atom stereocenters. The van der Waals surface area contributed by atoms with Gasteiger partial charge >= 0.3 is 0 Å². The van der Waals surface area contributed by atoms with Gasteiger partial charge in [0.25, 0.3) is 0 Å². The Morgan fingerprint density at radius 2 is 2.19 bits per heavy atom. The van der Waals surface area contributed by atoms with E-state index in [4.69, 9.17) is 16.3 Å². The van der Waals surface area contributed by atoms with Crippen LogP contribution in [0, 0.1) is 12.8 Å². The maximum absolute atomic E-state index is 11.7. The first-order chi connectivity index (χ1) is 12.7. The number of aryl methyl sites for hydroxylation is 1. The highest BCUT2D eigenvalue weighted by Crippen LogP contribution is 2.29. The van der Waals surface area contributed by atoms with Crippen LogP contribution in [0.2, 0.25) is 5.15 Å². The van der Waals surface area contributed by atoms with Gasteiger partial charge in [-0.1, -0.05) is 25.4 Å². The second kappa shape index (κ2) is 8.78. The molecule has 2 saturated heterocycles. The van der Waals surface area contributed by atoms with E-state index < -0.39 is 9.84 Å². The van der Waals surface area contributed by atoms with Crippen LogP contribution in [0.4, 0.5) is 0 Å². The lowest BCUT2D eigenvalue weighted by atomic mass is 10.1. The number of sulfone groups is 1. The van der Waals surface area contributed by atoms with Crippen LogP contribution in [0.5, 0.6) is 0 Å². The minimum absolute atomic E-state index is 0.127. The second-order valence-electron chi connectivity index (χ2n) is 8.13. The molecule has 2 aliphatic rings. The van der Waals surface area contributed by atoms with Gasteiger partial charge in [0, 0.05) is 38.3 Å². The third-order valence-corrected chi connectivity index (χ3v) is 7.37. The Bertz CT molecular complexity index is 750. The summed E-state index contributed by atoms with van der Waals surface area (Å²) in [7, 11) is -2.97. The van der Waals surface area contributed by atoms with Gasteiger partial charge in [-0.2, -0.15) is 5.10 Å². The van der Waals surface area contributed by atoms with Gasteiger partial charge in [-0.05, 0) is 19.3 Å². The van der Waals surface area contributed by atoms with E-state index in [1.807, 2.05) is 6.92 Å². The van der Waals surface area contributed by atoms with Crippen LogP contribution < -0.4 is 5.32 Å². The summed E-state index contributed by atoms with van der Waals surface area (Å²) in [6.07, 6.45) is 0.754. The molecular weight excluding hydrogens is 388 g/mol. The quantitative estimate of drug-likeness (QED) is 0.725. The van der Waals surface area contributed by atoms with Crippen molar-refractivity contribution >= 4 is 21.4 Å². The molecule has 1 aromatic heterocycles. The Hall–Kier alpha value is -0.670. The molecule has 0 amide bonds. The Labute approximate surface area is 167 Å². The fourth-order valence-electron chi connectivity index (χ4n) is 3.91. The van der Waals surface area contributed by atoms with Crippen LogP contribution in [0.1, 0.15) is 37.6 Å². The summed E-state index contributed by atoms with van der Waals surface area (Å²) < 4.78 is 31.1. The molecule has 0 bridgehead atoms. The first-order valence-corrected chi connectivity index (χ1v) is 11.9. The zero-order valence-corrected chi connectivity index (χ0v) is 18.0. The van der Waals surface area contributed by atoms with Crippen molar-refractivity contribution in [2.45, 2.75) is 45.9 Å². The number of hydrogen-bond donors (Lipinski definition) is 1. The Balaban J connectivity index is 1.54. The van der Waals surface area contributed by atoms with Gasteiger partial charge in [0.15, 0.2) is 9.84 Å². The topological polar surface area (TPSA) is 76.5 Å². The predicted octanol–water partition coefficient (Wildman–Crippen LogP) is 1.65. The molecule has 0 radical (unpaired) electrons. The van der Waals surface area contributed by atoms with E-state index in [0.717, 1.165) is 44.0 Å². The Morgan fingerprint density at radius 1 is 1.41 bits per heavy atom. The maximum atomic E-state index is 11.7. The summed E-state index contributed by atoms with van der Waals surface area (Å²) in [5, 5.41) is 8.50. The highest BCUT2D eigenvalue weighted by atomic mass is 35.5. The molecule has 0 aliphatic carbocycles. The molecule has 0 saturated carbocycles. The van der Waals surface area contributed by atoms with Crippen LogP contribution in [-0.2, 0) is 21.1 Å². The normalized spacial score (nSPS) is 26.1. The maximum Gasteiger partial charge on any atom is 0.152 e. The van der Waals surface area contributed by atoms with Crippen LogP contribution in [0.25, 0.3) is 0 Å². The largest absolute Gasteiger partial charge is 0.374 e. The van der Waals surface area contributed by atoms with Crippen molar-refractivity contribution in [2.75, 3.05) is 44.3 Å². The highest BCUT2D eigenvalue weighted by molar-refractivity contribution is 7.91. The number of aromatic nitrogens is 2. The number of nitrogens with zero attached hydrogens (tertiary/aromatic N) is 3. The molecule has 27 heavy (non-hydrogen) atoms. The Kier molecular flexibility index (Phi) is 6.84. The summed E-state index contributed by atoms with van der Waals surface area (Å²) >= 11 is 6.53. The first kappa shape index (κ1) is 21.0. The molecule has 1 aromatic rings. The molecule has 0 spiro atoms. The minimum Gasteiger partial charge on any atom is -0.374 e. The molecule has 3 heterocycles. The van der Waals surface area contributed by atoms with Crippen molar-refractivity contribution in [3.8, 4) is 0 Å². The summed E-state index contributed by atoms with van der Waals surface area (Å²) in [5.41, 5.74) is 1.79. The van der Waals surface area contributed by atoms with Gasteiger partial charge in [0.2, 0.25) is 0 Å². The zero-order valence-electron chi connectivity index (χ0n) is 16.4. The van der Waals surface area contributed by atoms with Crippen molar-refractivity contribution in [3.63, 3.8) is 0 Å². The molecule has 154 valence electrons. The van der Waals surface area contributed by atoms with E-state index in [9.17, 15) is 8.42 Å². The monoisotopic (exact) mass is 418 g/mol. The summed E-state index contributed by atoms with van der Waals surface area (Å²) in [4.78, 5) is 2.46. The summed E-state index contributed by atoms with van der Waals surface area (Å²) in [5.74, 6) is 0.998. The Morgan fingerprint density at radius 3 is 2.85 bits per heavy atom. The highest BCUT2D eigenvalue weighted by Gasteiger charge is 2.32.